The van der Waals surface area contributed by atoms with E-state index in [0.717, 1.165) is 38.8 Å². The first-order valence-corrected chi connectivity index (χ1v) is 10.1. The van der Waals surface area contributed by atoms with Gasteiger partial charge in [0, 0.05) is 24.4 Å². The highest BCUT2D eigenvalue weighted by Crippen LogP contribution is 2.47. The lowest BCUT2D eigenvalue weighted by Crippen LogP contribution is -2.63. The van der Waals surface area contributed by atoms with E-state index in [0.29, 0.717) is 18.6 Å². The minimum atomic E-state index is -4.70. The summed E-state index contributed by atoms with van der Waals surface area (Å²) in [4.78, 5) is 14.4. The predicted octanol–water partition coefficient (Wildman–Crippen LogP) is 3.90. The van der Waals surface area contributed by atoms with Crippen LogP contribution in [-0.2, 0) is 4.79 Å². The Morgan fingerprint density at radius 3 is 2.17 bits per heavy atom. The van der Waals surface area contributed by atoms with Crippen LogP contribution in [0.25, 0.3) is 0 Å². The van der Waals surface area contributed by atoms with Gasteiger partial charge in [-0.3, -0.25) is 4.79 Å². The molecular weight excluding hydrogens is 387 g/mol. The van der Waals surface area contributed by atoms with Crippen LogP contribution in [-0.4, -0.2) is 47.1 Å². The Labute approximate surface area is 167 Å². The highest BCUT2D eigenvalue weighted by molar-refractivity contribution is 5.81. The second-order valence-corrected chi connectivity index (χ2v) is 9.13. The quantitative estimate of drug-likeness (QED) is 0.814. The van der Waals surface area contributed by atoms with Crippen molar-refractivity contribution in [2.45, 2.75) is 63.5 Å². The molecule has 1 aromatic rings. The summed E-state index contributed by atoms with van der Waals surface area (Å²) < 4.78 is 46.4. The van der Waals surface area contributed by atoms with Gasteiger partial charge < -0.3 is 19.5 Å². The van der Waals surface area contributed by atoms with Crippen molar-refractivity contribution in [3.05, 3.63) is 24.3 Å². The molecule has 0 bridgehead atoms. The summed E-state index contributed by atoms with van der Waals surface area (Å²) in [6.45, 7) is 3.33. The molecule has 3 aliphatic rings. The zero-order valence-electron chi connectivity index (χ0n) is 16.4. The Morgan fingerprint density at radius 1 is 1.10 bits per heavy atom. The lowest BCUT2D eigenvalue weighted by atomic mass is 9.66. The molecule has 2 aliphatic carbocycles. The van der Waals surface area contributed by atoms with Gasteiger partial charge in [0.05, 0.1) is 11.7 Å². The summed E-state index contributed by atoms with van der Waals surface area (Å²) >= 11 is 0. The van der Waals surface area contributed by atoms with E-state index < -0.39 is 12.0 Å². The van der Waals surface area contributed by atoms with Gasteiger partial charge in [0.15, 0.2) is 0 Å². The third-order valence-electron chi connectivity index (χ3n) is 6.44. The van der Waals surface area contributed by atoms with Crippen molar-refractivity contribution in [3.63, 3.8) is 0 Å². The van der Waals surface area contributed by atoms with Crippen LogP contribution < -0.4 is 9.47 Å². The van der Waals surface area contributed by atoms with Gasteiger partial charge in [0.25, 0.3) is 0 Å². The molecule has 160 valence electrons. The maximum absolute atomic E-state index is 12.5. The average Bonchev–Trinajstić information content (AvgIpc) is 2.58. The molecule has 8 heteroatoms. The molecule has 1 aromatic carbocycles. The van der Waals surface area contributed by atoms with Crippen LogP contribution in [0.4, 0.5) is 13.2 Å². The van der Waals surface area contributed by atoms with Gasteiger partial charge in [-0.1, -0.05) is 0 Å². The third kappa shape index (κ3) is 4.63. The number of alkyl halides is 3. The smallest absolute Gasteiger partial charge is 0.490 e. The number of aliphatic hydroxyl groups is 1. The Morgan fingerprint density at radius 2 is 1.66 bits per heavy atom. The maximum Gasteiger partial charge on any atom is 0.573 e. The predicted molar refractivity (Wildman–Crippen MR) is 98.4 cm³/mol. The van der Waals surface area contributed by atoms with Crippen molar-refractivity contribution >= 4 is 5.91 Å². The summed E-state index contributed by atoms with van der Waals surface area (Å²) in [5.74, 6) is 0.399. The monoisotopic (exact) mass is 413 g/mol. The van der Waals surface area contributed by atoms with Crippen LogP contribution in [0, 0.1) is 11.3 Å². The third-order valence-corrected chi connectivity index (χ3v) is 6.44. The van der Waals surface area contributed by atoms with E-state index in [1.807, 2.05) is 4.90 Å². The Balaban J connectivity index is 1.21. The molecular formula is C21H26F3NO4. The van der Waals surface area contributed by atoms with E-state index >= 15 is 0 Å². The van der Waals surface area contributed by atoms with Crippen LogP contribution >= 0.6 is 0 Å². The van der Waals surface area contributed by atoms with Crippen molar-refractivity contribution in [1.29, 1.82) is 0 Å². The number of benzene rings is 1. The molecule has 2 saturated carbocycles. The number of nitrogens with zero attached hydrogens (tertiary/aromatic N) is 1. The topological polar surface area (TPSA) is 59.0 Å². The normalized spacial score (nSPS) is 29.1. The Bertz CT molecular complexity index is 738. The minimum absolute atomic E-state index is 0.0292. The first kappa shape index (κ1) is 20.3. The zero-order chi connectivity index (χ0) is 20.9. The van der Waals surface area contributed by atoms with Gasteiger partial charge in [0.1, 0.15) is 11.5 Å². The van der Waals surface area contributed by atoms with Gasteiger partial charge in [-0.2, -0.15) is 0 Å². The lowest BCUT2D eigenvalue weighted by Gasteiger charge is -2.55. The van der Waals surface area contributed by atoms with Gasteiger partial charge >= 0.3 is 6.36 Å². The molecule has 1 spiro atoms. The molecule has 1 aliphatic heterocycles. The standard InChI is InChI=1S/C21H26F3NO4/c1-19(27)10-14(11-19)18(26)25-12-20(13-25)8-6-16(7-9-20)28-15-2-4-17(5-3-15)29-21(22,23)24/h2-5,14,16,27H,6-13H2,1H3. The highest BCUT2D eigenvalue weighted by Gasteiger charge is 2.51. The van der Waals surface area contributed by atoms with E-state index in [1.165, 1.54) is 24.3 Å². The number of carbonyl (C=O) groups excluding carboxylic acids is 1. The molecule has 0 atom stereocenters. The first-order valence-electron chi connectivity index (χ1n) is 10.1. The molecule has 4 rings (SSSR count). The van der Waals surface area contributed by atoms with Crippen LogP contribution in [0.2, 0.25) is 0 Å². The number of ether oxygens (including phenoxy) is 2. The van der Waals surface area contributed by atoms with Crippen molar-refractivity contribution in [2.24, 2.45) is 11.3 Å². The van der Waals surface area contributed by atoms with Crippen molar-refractivity contribution in [1.82, 2.24) is 4.90 Å². The number of halogens is 3. The second-order valence-electron chi connectivity index (χ2n) is 9.13. The number of hydrogen-bond donors (Lipinski definition) is 1. The van der Waals surface area contributed by atoms with E-state index in [4.69, 9.17) is 4.74 Å². The Hall–Kier alpha value is -1.96. The SMILES string of the molecule is CC1(O)CC(C(=O)N2CC3(CCC(Oc4ccc(OC(F)(F)F)cc4)CC3)C2)C1. The molecule has 0 radical (unpaired) electrons. The van der Waals surface area contributed by atoms with Gasteiger partial charge in [0.2, 0.25) is 5.91 Å². The lowest BCUT2D eigenvalue weighted by molar-refractivity contribution is -0.274. The van der Waals surface area contributed by atoms with E-state index in [1.54, 1.807) is 6.92 Å². The van der Waals surface area contributed by atoms with Crippen LogP contribution in [0.15, 0.2) is 24.3 Å². The second kappa shape index (κ2) is 7.07. The zero-order valence-corrected chi connectivity index (χ0v) is 16.4. The van der Waals surface area contributed by atoms with Crippen LogP contribution in [0.1, 0.15) is 45.4 Å². The van der Waals surface area contributed by atoms with Gasteiger partial charge in [-0.15, -0.1) is 13.2 Å². The van der Waals surface area contributed by atoms with Gasteiger partial charge in [-0.25, -0.2) is 0 Å². The first-order chi connectivity index (χ1) is 13.5. The van der Waals surface area contributed by atoms with Crippen molar-refractivity contribution in [3.8, 4) is 11.5 Å². The number of carbonyl (C=O) groups is 1. The summed E-state index contributed by atoms with van der Waals surface area (Å²) in [7, 11) is 0. The number of likely N-dealkylation sites (tertiary alicyclic amines) is 1. The number of amides is 1. The molecule has 3 fully saturated rings. The van der Waals surface area contributed by atoms with E-state index in [-0.39, 0.29) is 29.1 Å². The summed E-state index contributed by atoms with van der Waals surface area (Å²) in [6.07, 6.45) is 0.103. The molecule has 1 heterocycles. The molecule has 1 N–H and O–H groups in total. The Kier molecular flexibility index (Phi) is 4.96. The van der Waals surface area contributed by atoms with Crippen molar-refractivity contribution in [2.75, 3.05) is 13.1 Å². The number of hydrogen-bond acceptors (Lipinski definition) is 4. The fourth-order valence-electron chi connectivity index (χ4n) is 4.90. The highest BCUT2D eigenvalue weighted by atomic mass is 19.4. The van der Waals surface area contributed by atoms with E-state index in [2.05, 4.69) is 4.74 Å². The molecule has 0 aromatic heterocycles. The summed E-state index contributed by atoms with van der Waals surface area (Å²) in [6, 6.07) is 5.48. The molecule has 29 heavy (non-hydrogen) atoms. The van der Waals surface area contributed by atoms with Crippen LogP contribution in [0.3, 0.4) is 0 Å². The molecule has 1 amide bonds. The van der Waals surface area contributed by atoms with E-state index in [9.17, 15) is 23.1 Å². The summed E-state index contributed by atoms with van der Waals surface area (Å²) in [5.41, 5.74) is -0.512. The van der Waals surface area contributed by atoms with Crippen LogP contribution in [0.5, 0.6) is 11.5 Å². The number of rotatable bonds is 4. The molecule has 1 saturated heterocycles. The molecule has 0 unspecified atom stereocenters. The average molecular weight is 413 g/mol. The fourth-order valence-corrected chi connectivity index (χ4v) is 4.90. The maximum atomic E-state index is 12.5. The fraction of sp³-hybridized carbons (Fsp3) is 0.667. The largest absolute Gasteiger partial charge is 0.573 e. The minimum Gasteiger partial charge on any atom is -0.490 e. The molecule has 5 nitrogen and oxygen atoms in total. The van der Waals surface area contributed by atoms with Crippen molar-refractivity contribution < 1.29 is 32.5 Å². The van der Waals surface area contributed by atoms with Gasteiger partial charge in [-0.05, 0) is 69.7 Å². The summed E-state index contributed by atoms with van der Waals surface area (Å²) in [5, 5.41) is 9.82.